The Kier molecular flexibility index (Phi) is 4.12. The zero-order valence-electron chi connectivity index (χ0n) is 12.7. The van der Waals surface area contributed by atoms with E-state index in [2.05, 4.69) is 9.17 Å². The van der Waals surface area contributed by atoms with Crippen LogP contribution >= 0.6 is 0 Å². The molecule has 0 atom stereocenters. The molecule has 2 heterocycles. The SMILES string of the molecule is CC(C)(C)S(=O)(=O)c1cn2ccnc2cc1OS(=O)(=O)C(F)(F)F. The smallest absolute Gasteiger partial charge is 0.374 e. The van der Waals surface area contributed by atoms with E-state index in [0.29, 0.717) is 0 Å². The first kappa shape index (κ1) is 18.5. The minimum absolute atomic E-state index is 0.0234. The van der Waals surface area contributed by atoms with Crippen molar-refractivity contribution in [3.8, 4) is 5.75 Å². The second-order valence-corrected chi connectivity index (χ2v) is 10.0. The number of rotatable bonds is 3. The molecule has 0 N–H and O–H groups in total. The largest absolute Gasteiger partial charge is 0.534 e. The number of fused-ring (bicyclic) bond motifs is 1. The molecule has 2 aromatic rings. The minimum Gasteiger partial charge on any atom is -0.374 e. The van der Waals surface area contributed by atoms with E-state index in [1.54, 1.807) is 0 Å². The van der Waals surface area contributed by atoms with Crippen molar-refractivity contribution in [1.82, 2.24) is 9.38 Å². The molecule has 0 radical (unpaired) electrons. The maximum atomic E-state index is 12.6. The number of imidazole rings is 1. The molecule has 0 aliphatic heterocycles. The van der Waals surface area contributed by atoms with Crippen LogP contribution in [0.2, 0.25) is 0 Å². The summed E-state index contributed by atoms with van der Waals surface area (Å²) < 4.78 is 89.2. The van der Waals surface area contributed by atoms with Gasteiger partial charge in [-0.15, -0.1) is 0 Å². The molecule has 0 fully saturated rings. The summed E-state index contributed by atoms with van der Waals surface area (Å²) in [6.07, 6.45) is 3.59. The highest BCUT2D eigenvalue weighted by Gasteiger charge is 2.49. The first-order valence-corrected chi connectivity index (χ1v) is 9.28. The number of alkyl halides is 3. The molecule has 2 rings (SSSR count). The molecule has 2 aromatic heterocycles. The molecule has 0 saturated carbocycles. The predicted octanol–water partition coefficient (Wildman–Crippen LogP) is 2.13. The fraction of sp³-hybridized carbons (Fsp3) is 0.417. The van der Waals surface area contributed by atoms with Crippen LogP contribution in [-0.4, -0.2) is 36.5 Å². The maximum Gasteiger partial charge on any atom is 0.534 e. The van der Waals surface area contributed by atoms with E-state index in [1.165, 1.54) is 37.6 Å². The van der Waals surface area contributed by atoms with Gasteiger partial charge in [0.15, 0.2) is 15.6 Å². The van der Waals surface area contributed by atoms with E-state index < -0.39 is 40.9 Å². The Morgan fingerprint density at radius 1 is 1.12 bits per heavy atom. The lowest BCUT2D eigenvalue weighted by atomic mass is 10.3. The van der Waals surface area contributed by atoms with Crippen LogP contribution in [-0.2, 0) is 20.0 Å². The van der Waals surface area contributed by atoms with E-state index >= 15 is 0 Å². The Labute approximate surface area is 136 Å². The quantitative estimate of drug-likeness (QED) is 0.592. The van der Waals surface area contributed by atoms with Crippen LogP contribution in [0.3, 0.4) is 0 Å². The normalized spacial score (nSPS) is 14.1. The van der Waals surface area contributed by atoms with E-state index in [-0.39, 0.29) is 5.65 Å². The number of halogens is 3. The van der Waals surface area contributed by atoms with Gasteiger partial charge in [0.05, 0.1) is 4.75 Å². The number of hydrogen-bond donors (Lipinski definition) is 0. The lowest BCUT2D eigenvalue weighted by Crippen LogP contribution is -2.31. The summed E-state index contributed by atoms with van der Waals surface area (Å²) in [5.74, 6) is -0.957. The van der Waals surface area contributed by atoms with Gasteiger partial charge in [-0.2, -0.15) is 21.6 Å². The second kappa shape index (κ2) is 5.34. The topological polar surface area (TPSA) is 94.8 Å². The zero-order chi connectivity index (χ0) is 18.6. The monoisotopic (exact) mass is 386 g/mol. The Hall–Kier alpha value is -1.82. The molecule has 0 unspecified atom stereocenters. The van der Waals surface area contributed by atoms with Crippen molar-refractivity contribution in [2.24, 2.45) is 0 Å². The van der Waals surface area contributed by atoms with E-state index in [1.807, 2.05) is 0 Å². The summed E-state index contributed by atoms with van der Waals surface area (Å²) >= 11 is 0. The lowest BCUT2D eigenvalue weighted by molar-refractivity contribution is -0.0500. The third-order valence-corrected chi connectivity index (χ3v) is 6.50. The molecular weight excluding hydrogens is 373 g/mol. The van der Waals surface area contributed by atoms with Crippen LogP contribution in [0, 0.1) is 0 Å². The van der Waals surface area contributed by atoms with Crippen LogP contribution < -0.4 is 4.18 Å². The van der Waals surface area contributed by atoms with Crippen LogP contribution in [0.1, 0.15) is 20.8 Å². The lowest BCUT2D eigenvalue weighted by Gasteiger charge is -2.21. The van der Waals surface area contributed by atoms with Crippen molar-refractivity contribution >= 4 is 25.6 Å². The molecule has 0 amide bonds. The molecule has 12 heteroatoms. The number of nitrogens with zero attached hydrogens (tertiary/aromatic N) is 2. The van der Waals surface area contributed by atoms with Crippen molar-refractivity contribution in [3.05, 3.63) is 24.7 Å². The minimum atomic E-state index is -6.03. The molecule has 134 valence electrons. The predicted molar refractivity (Wildman–Crippen MR) is 77.7 cm³/mol. The van der Waals surface area contributed by atoms with E-state index in [0.717, 1.165) is 12.3 Å². The second-order valence-electron chi connectivity index (χ2n) is 5.79. The van der Waals surface area contributed by atoms with Gasteiger partial charge in [0.2, 0.25) is 0 Å². The van der Waals surface area contributed by atoms with Gasteiger partial charge in [-0.05, 0) is 20.8 Å². The Morgan fingerprint density at radius 2 is 1.71 bits per heavy atom. The van der Waals surface area contributed by atoms with Crippen molar-refractivity contribution in [1.29, 1.82) is 0 Å². The molecule has 0 bridgehead atoms. The van der Waals surface area contributed by atoms with Crippen molar-refractivity contribution in [2.45, 2.75) is 35.9 Å². The number of hydrogen-bond acceptors (Lipinski definition) is 6. The average molecular weight is 386 g/mol. The van der Waals surface area contributed by atoms with Crippen molar-refractivity contribution in [3.63, 3.8) is 0 Å². The molecule has 0 spiro atoms. The molecule has 0 aliphatic carbocycles. The third-order valence-electron chi connectivity index (χ3n) is 3.04. The summed E-state index contributed by atoms with van der Waals surface area (Å²) in [7, 11) is -10.2. The average Bonchev–Trinajstić information content (AvgIpc) is 2.81. The Morgan fingerprint density at radius 3 is 2.21 bits per heavy atom. The Balaban J connectivity index is 2.76. The van der Waals surface area contributed by atoms with Crippen molar-refractivity contribution in [2.75, 3.05) is 0 Å². The molecular formula is C12H13F3N2O5S2. The zero-order valence-corrected chi connectivity index (χ0v) is 14.3. The van der Waals surface area contributed by atoms with E-state index in [4.69, 9.17) is 0 Å². The van der Waals surface area contributed by atoms with Gasteiger partial charge in [-0.25, -0.2) is 13.4 Å². The van der Waals surface area contributed by atoms with Crippen LogP contribution in [0.4, 0.5) is 13.2 Å². The number of sulfone groups is 1. The summed E-state index contributed by atoms with van der Waals surface area (Å²) in [5.41, 5.74) is -5.67. The van der Waals surface area contributed by atoms with Gasteiger partial charge < -0.3 is 8.58 Å². The fourth-order valence-electron chi connectivity index (χ4n) is 1.69. The highest BCUT2D eigenvalue weighted by atomic mass is 32.2. The van der Waals surface area contributed by atoms with Gasteiger partial charge in [0.1, 0.15) is 10.5 Å². The van der Waals surface area contributed by atoms with E-state index in [9.17, 15) is 30.0 Å². The van der Waals surface area contributed by atoms with Crippen molar-refractivity contribution < 1.29 is 34.2 Å². The van der Waals surface area contributed by atoms with Gasteiger partial charge in [-0.3, -0.25) is 0 Å². The molecule has 0 aromatic carbocycles. The number of pyridine rings is 1. The fourth-order valence-corrected chi connectivity index (χ4v) is 3.49. The van der Waals surface area contributed by atoms with Gasteiger partial charge in [-0.1, -0.05) is 0 Å². The molecule has 0 saturated heterocycles. The van der Waals surface area contributed by atoms with Gasteiger partial charge >= 0.3 is 15.6 Å². The first-order chi connectivity index (χ1) is 10.7. The summed E-state index contributed by atoms with van der Waals surface area (Å²) in [5, 5.41) is 0. The highest BCUT2D eigenvalue weighted by molar-refractivity contribution is 7.93. The summed E-state index contributed by atoms with van der Waals surface area (Å²) in [6, 6.07) is 0.821. The first-order valence-electron chi connectivity index (χ1n) is 6.39. The van der Waals surface area contributed by atoms with Gasteiger partial charge in [0, 0.05) is 24.7 Å². The van der Waals surface area contributed by atoms with Crippen LogP contribution in [0.15, 0.2) is 29.6 Å². The molecule has 0 aliphatic rings. The van der Waals surface area contributed by atoms with Crippen LogP contribution in [0.5, 0.6) is 5.75 Å². The summed E-state index contributed by atoms with van der Waals surface area (Å²) in [6.45, 7) is 3.97. The number of aromatic nitrogens is 2. The maximum absolute atomic E-state index is 12.6. The molecule has 7 nitrogen and oxygen atoms in total. The van der Waals surface area contributed by atoms with Crippen LogP contribution in [0.25, 0.3) is 5.65 Å². The van der Waals surface area contributed by atoms with Gasteiger partial charge in [0.25, 0.3) is 0 Å². The summed E-state index contributed by atoms with van der Waals surface area (Å²) in [4.78, 5) is 3.08. The molecule has 24 heavy (non-hydrogen) atoms. The highest BCUT2D eigenvalue weighted by Crippen LogP contribution is 2.35. The standard InChI is InChI=1S/C12H13F3N2O5S2/c1-11(2,3)23(18,19)9-7-17-5-4-16-10(17)6-8(9)22-24(20,21)12(13,14)15/h4-7H,1-3H3. The third kappa shape index (κ3) is 3.07. The Bertz CT molecular complexity index is 986.